The number of esters is 1. The molecule has 7 heteroatoms. The first-order valence-corrected chi connectivity index (χ1v) is 10.1. The minimum atomic E-state index is -0.917. The average molecular weight is 410 g/mol. The van der Waals surface area contributed by atoms with E-state index in [0.717, 1.165) is 11.1 Å². The van der Waals surface area contributed by atoms with E-state index in [-0.39, 0.29) is 12.5 Å². The number of nitrogens with one attached hydrogen (secondary N) is 2. The Morgan fingerprint density at radius 2 is 1.60 bits per heavy atom. The molecule has 3 atom stereocenters. The van der Waals surface area contributed by atoms with Gasteiger partial charge in [0.1, 0.15) is 6.04 Å². The number of hydrogen-bond acceptors (Lipinski definition) is 5. The SMILES string of the molecule is CCOC(=O)C1OC1C(=O)N[C@@H](Cc1ccccc1)C(=O)NCCc1ccccc1. The van der Waals surface area contributed by atoms with E-state index in [1.54, 1.807) is 6.92 Å². The van der Waals surface area contributed by atoms with Gasteiger partial charge in [0.15, 0.2) is 12.2 Å². The van der Waals surface area contributed by atoms with Crippen molar-refractivity contribution in [1.82, 2.24) is 10.6 Å². The summed E-state index contributed by atoms with van der Waals surface area (Å²) in [5, 5.41) is 5.60. The van der Waals surface area contributed by atoms with Crippen LogP contribution in [0.5, 0.6) is 0 Å². The van der Waals surface area contributed by atoms with Gasteiger partial charge in [-0.2, -0.15) is 0 Å². The third kappa shape index (κ3) is 6.15. The molecule has 2 aromatic carbocycles. The van der Waals surface area contributed by atoms with Crippen molar-refractivity contribution < 1.29 is 23.9 Å². The molecule has 0 spiro atoms. The van der Waals surface area contributed by atoms with Crippen LogP contribution in [0.2, 0.25) is 0 Å². The van der Waals surface area contributed by atoms with Crippen molar-refractivity contribution in [3.8, 4) is 0 Å². The normalized spacial score (nSPS) is 18.2. The maximum absolute atomic E-state index is 12.8. The quantitative estimate of drug-likeness (QED) is 0.456. The second-order valence-corrected chi connectivity index (χ2v) is 7.01. The Morgan fingerprint density at radius 1 is 0.967 bits per heavy atom. The molecule has 0 saturated carbocycles. The van der Waals surface area contributed by atoms with Crippen LogP contribution in [0.1, 0.15) is 18.1 Å². The van der Waals surface area contributed by atoms with Crippen LogP contribution in [0.25, 0.3) is 0 Å². The Labute approximate surface area is 175 Å². The van der Waals surface area contributed by atoms with Gasteiger partial charge in [-0.05, 0) is 24.5 Å². The van der Waals surface area contributed by atoms with Crippen molar-refractivity contribution in [2.75, 3.05) is 13.2 Å². The summed E-state index contributed by atoms with van der Waals surface area (Å²) >= 11 is 0. The Balaban J connectivity index is 1.58. The van der Waals surface area contributed by atoms with Crippen LogP contribution >= 0.6 is 0 Å². The summed E-state index contributed by atoms with van der Waals surface area (Å²) in [5.74, 6) is -1.34. The average Bonchev–Trinajstić information content (AvgIpc) is 3.56. The van der Waals surface area contributed by atoms with Crippen LogP contribution < -0.4 is 10.6 Å². The molecule has 3 rings (SSSR count). The number of carbonyl (C=O) groups is 3. The number of rotatable bonds is 10. The number of ether oxygens (including phenoxy) is 2. The zero-order valence-corrected chi connectivity index (χ0v) is 16.9. The van der Waals surface area contributed by atoms with E-state index in [0.29, 0.717) is 19.4 Å². The number of hydrogen-bond donors (Lipinski definition) is 2. The highest BCUT2D eigenvalue weighted by Gasteiger charge is 2.52. The van der Waals surface area contributed by atoms with E-state index >= 15 is 0 Å². The number of amides is 2. The Hall–Kier alpha value is -3.19. The molecule has 2 N–H and O–H groups in total. The van der Waals surface area contributed by atoms with Gasteiger partial charge in [-0.1, -0.05) is 60.7 Å². The topological polar surface area (TPSA) is 97.0 Å². The zero-order chi connectivity index (χ0) is 21.3. The van der Waals surface area contributed by atoms with E-state index in [4.69, 9.17) is 9.47 Å². The summed E-state index contributed by atoms with van der Waals surface area (Å²) in [6.45, 7) is 2.36. The fourth-order valence-electron chi connectivity index (χ4n) is 3.13. The van der Waals surface area contributed by atoms with Gasteiger partial charge in [-0.3, -0.25) is 9.59 Å². The minimum absolute atomic E-state index is 0.216. The van der Waals surface area contributed by atoms with Crippen LogP contribution in [0.3, 0.4) is 0 Å². The first kappa shape index (κ1) is 21.5. The van der Waals surface area contributed by atoms with E-state index in [2.05, 4.69) is 10.6 Å². The summed E-state index contributed by atoms with van der Waals surface area (Å²) in [6.07, 6.45) is -0.793. The molecule has 2 aromatic rings. The van der Waals surface area contributed by atoms with Crippen molar-refractivity contribution >= 4 is 17.8 Å². The summed E-state index contributed by atoms with van der Waals surface area (Å²) in [7, 11) is 0. The van der Waals surface area contributed by atoms with Crippen molar-refractivity contribution in [2.45, 2.75) is 38.0 Å². The van der Waals surface area contributed by atoms with Gasteiger partial charge in [0.25, 0.3) is 5.91 Å². The van der Waals surface area contributed by atoms with Crippen LogP contribution in [0.15, 0.2) is 60.7 Å². The van der Waals surface area contributed by atoms with E-state index in [1.165, 1.54) is 0 Å². The highest BCUT2D eigenvalue weighted by atomic mass is 16.6. The van der Waals surface area contributed by atoms with Gasteiger partial charge in [-0.15, -0.1) is 0 Å². The molecule has 1 saturated heterocycles. The van der Waals surface area contributed by atoms with Crippen molar-refractivity contribution in [2.24, 2.45) is 0 Å². The largest absolute Gasteiger partial charge is 0.464 e. The Kier molecular flexibility index (Phi) is 7.57. The number of benzene rings is 2. The van der Waals surface area contributed by atoms with Crippen LogP contribution in [0.4, 0.5) is 0 Å². The van der Waals surface area contributed by atoms with Crippen molar-refractivity contribution in [1.29, 1.82) is 0 Å². The maximum atomic E-state index is 12.8. The molecule has 1 aliphatic rings. The molecule has 0 bridgehead atoms. The summed E-state index contributed by atoms with van der Waals surface area (Å²) in [5.41, 5.74) is 2.03. The number of carbonyl (C=O) groups excluding carboxylic acids is 3. The molecular weight excluding hydrogens is 384 g/mol. The Bertz CT molecular complexity index is 856. The van der Waals surface area contributed by atoms with Gasteiger partial charge >= 0.3 is 5.97 Å². The first-order chi connectivity index (χ1) is 14.6. The van der Waals surface area contributed by atoms with E-state index < -0.39 is 30.1 Å². The lowest BCUT2D eigenvalue weighted by Gasteiger charge is -2.18. The zero-order valence-electron chi connectivity index (χ0n) is 16.9. The van der Waals surface area contributed by atoms with Gasteiger partial charge < -0.3 is 20.1 Å². The standard InChI is InChI=1S/C23H26N2O5/c1-2-29-23(28)20-19(30-20)22(27)25-18(15-17-11-7-4-8-12-17)21(26)24-14-13-16-9-5-3-6-10-16/h3-12,18-20H,2,13-15H2,1H3,(H,24,26)(H,25,27)/t18-,19?,20?/m0/s1. The maximum Gasteiger partial charge on any atom is 0.338 e. The fourth-order valence-corrected chi connectivity index (χ4v) is 3.13. The molecule has 0 radical (unpaired) electrons. The lowest BCUT2D eigenvalue weighted by Crippen LogP contribution is -2.50. The van der Waals surface area contributed by atoms with E-state index in [9.17, 15) is 14.4 Å². The second-order valence-electron chi connectivity index (χ2n) is 7.01. The molecule has 30 heavy (non-hydrogen) atoms. The predicted molar refractivity (Wildman–Crippen MR) is 111 cm³/mol. The number of epoxide rings is 1. The lowest BCUT2D eigenvalue weighted by atomic mass is 10.0. The molecule has 1 aliphatic heterocycles. The fraction of sp³-hybridized carbons (Fsp3) is 0.348. The Morgan fingerprint density at radius 3 is 2.23 bits per heavy atom. The summed E-state index contributed by atoms with van der Waals surface area (Å²) in [4.78, 5) is 37.0. The molecule has 1 heterocycles. The van der Waals surface area contributed by atoms with Crippen LogP contribution in [-0.4, -0.2) is 49.2 Å². The van der Waals surface area contributed by atoms with Crippen molar-refractivity contribution in [3.05, 3.63) is 71.8 Å². The molecule has 7 nitrogen and oxygen atoms in total. The molecule has 0 aromatic heterocycles. The van der Waals surface area contributed by atoms with Crippen LogP contribution in [-0.2, 0) is 36.7 Å². The van der Waals surface area contributed by atoms with Crippen molar-refractivity contribution in [3.63, 3.8) is 0 Å². The summed E-state index contributed by atoms with van der Waals surface area (Å²) in [6, 6.07) is 18.5. The highest BCUT2D eigenvalue weighted by molar-refractivity contribution is 5.95. The minimum Gasteiger partial charge on any atom is -0.464 e. The predicted octanol–water partition coefficient (Wildman–Crippen LogP) is 1.40. The first-order valence-electron chi connectivity index (χ1n) is 10.1. The molecule has 1 fully saturated rings. The molecule has 2 amide bonds. The van der Waals surface area contributed by atoms with Gasteiger partial charge in [0.05, 0.1) is 6.61 Å². The molecule has 2 unspecified atom stereocenters. The third-order valence-corrected chi connectivity index (χ3v) is 4.74. The molecule has 0 aliphatic carbocycles. The second kappa shape index (κ2) is 10.5. The van der Waals surface area contributed by atoms with Crippen LogP contribution in [0, 0.1) is 0 Å². The molecule has 158 valence electrons. The third-order valence-electron chi connectivity index (χ3n) is 4.74. The summed E-state index contributed by atoms with van der Waals surface area (Å²) < 4.78 is 10.0. The lowest BCUT2D eigenvalue weighted by molar-refractivity contribution is -0.144. The van der Waals surface area contributed by atoms with Gasteiger partial charge in [0, 0.05) is 13.0 Å². The molecular formula is C23H26N2O5. The monoisotopic (exact) mass is 410 g/mol. The van der Waals surface area contributed by atoms with E-state index in [1.807, 2.05) is 60.7 Å². The smallest absolute Gasteiger partial charge is 0.338 e. The highest BCUT2D eigenvalue weighted by Crippen LogP contribution is 2.24. The van der Waals surface area contributed by atoms with Gasteiger partial charge in [-0.25, -0.2) is 4.79 Å². The van der Waals surface area contributed by atoms with Gasteiger partial charge in [0.2, 0.25) is 5.91 Å².